The highest BCUT2D eigenvalue weighted by atomic mass is 16.1. The van der Waals surface area contributed by atoms with Crippen molar-refractivity contribution in [3.8, 4) is 0 Å². The fourth-order valence-electron chi connectivity index (χ4n) is 2.10. The first-order valence-electron chi connectivity index (χ1n) is 6.04. The second kappa shape index (κ2) is 4.75. The van der Waals surface area contributed by atoms with E-state index in [1.807, 2.05) is 18.2 Å². The second-order valence-electron chi connectivity index (χ2n) is 4.80. The number of nitrogens with one attached hydrogen (secondary N) is 1. The molecule has 0 unspecified atom stereocenters. The standard InChI is InChI=1S/C13H19N3O/c1-9(2)8-16-13(17)11-5-3-4-10(6-7-14)12(11)15-16/h3-5,9,15H,6-8,14H2,1-2H3. The van der Waals surface area contributed by atoms with E-state index in [1.165, 1.54) is 0 Å². The Morgan fingerprint density at radius 2 is 2.18 bits per heavy atom. The van der Waals surface area contributed by atoms with Crippen molar-refractivity contribution in [2.75, 3.05) is 6.54 Å². The van der Waals surface area contributed by atoms with E-state index in [1.54, 1.807) is 4.68 Å². The molecule has 0 bridgehead atoms. The molecule has 4 heteroatoms. The maximum atomic E-state index is 12.1. The first kappa shape index (κ1) is 11.9. The van der Waals surface area contributed by atoms with Gasteiger partial charge in [0.2, 0.25) is 0 Å². The lowest BCUT2D eigenvalue weighted by molar-refractivity contribution is 0.476. The van der Waals surface area contributed by atoms with Crippen molar-refractivity contribution in [1.29, 1.82) is 0 Å². The molecule has 0 aliphatic carbocycles. The highest BCUT2D eigenvalue weighted by Crippen LogP contribution is 2.14. The zero-order chi connectivity index (χ0) is 12.4. The van der Waals surface area contributed by atoms with Crippen molar-refractivity contribution in [3.63, 3.8) is 0 Å². The topological polar surface area (TPSA) is 63.8 Å². The molecule has 0 radical (unpaired) electrons. The van der Waals surface area contributed by atoms with Gasteiger partial charge in [-0.25, -0.2) is 0 Å². The maximum Gasteiger partial charge on any atom is 0.274 e. The molecule has 17 heavy (non-hydrogen) atoms. The number of H-pyrrole nitrogens is 1. The monoisotopic (exact) mass is 233 g/mol. The molecule has 0 saturated heterocycles. The van der Waals surface area contributed by atoms with Crippen LogP contribution in [0.4, 0.5) is 0 Å². The third-order valence-corrected chi connectivity index (χ3v) is 2.83. The first-order chi connectivity index (χ1) is 8.13. The second-order valence-corrected chi connectivity index (χ2v) is 4.80. The number of aromatic nitrogens is 2. The summed E-state index contributed by atoms with van der Waals surface area (Å²) in [6.07, 6.45) is 0.791. The van der Waals surface area contributed by atoms with Crippen LogP contribution in [0.15, 0.2) is 23.0 Å². The molecule has 4 nitrogen and oxygen atoms in total. The Morgan fingerprint density at radius 1 is 1.41 bits per heavy atom. The third kappa shape index (κ3) is 2.26. The largest absolute Gasteiger partial charge is 0.330 e. The Hall–Kier alpha value is -1.55. The molecule has 0 atom stereocenters. The highest BCUT2D eigenvalue weighted by molar-refractivity contribution is 5.81. The molecule has 0 fully saturated rings. The molecule has 1 aromatic carbocycles. The maximum absolute atomic E-state index is 12.1. The lowest BCUT2D eigenvalue weighted by Crippen LogP contribution is -2.19. The molecule has 0 spiro atoms. The van der Waals surface area contributed by atoms with Crippen LogP contribution >= 0.6 is 0 Å². The van der Waals surface area contributed by atoms with Gasteiger partial charge in [-0.3, -0.25) is 14.6 Å². The molecule has 0 amide bonds. The minimum atomic E-state index is 0.0626. The number of hydrogen-bond donors (Lipinski definition) is 2. The van der Waals surface area contributed by atoms with E-state index < -0.39 is 0 Å². The van der Waals surface area contributed by atoms with E-state index in [-0.39, 0.29) is 5.56 Å². The minimum Gasteiger partial charge on any atom is -0.330 e. The summed E-state index contributed by atoms with van der Waals surface area (Å²) in [6.45, 7) is 5.50. The zero-order valence-corrected chi connectivity index (χ0v) is 10.4. The summed E-state index contributed by atoms with van der Waals surface area (Å²) in [6, 6.07) is 5.80. The van der Waals surface area contributed by atoms with Crippen molar-refractivity contribution < 1.29 is 0 Å². The lowest BCUT2D eigenvalue weighted by Gasteiger charge is -2.04. The summed E-state index contributed by atoms with van der Waals surface area (Å²) in [7, 11) is 0. The Balaban J connectivity index is 2.56. The van der Waals surface area contributed by atoms with Gasteiger partial charge in [0, 0.05) is 6.54 Å². The van der Waals surface area contributed by atoms with Gasteiger partial charge in [0.15, 0.2) is 0 Å². The first-order valence-corrected chi connectivity index (χ1v) is 6.04. The van der Waals surface area contributed by atoms with Crippen molar-refractivity contribution in [2.45, 2.75) is 26.8 Å². The number of hydrogen-bond acceptors (Lipinski definition) is 2. The summed E-state index contributed by atoms with van der Waals surface area (Å²) in [5, 5.41) is 3.96. The summed E-state index contributed by atoms with van der Waals surface area (Å²) < 4.78 is 1.69. The van der Waals surface area contributed by atoms with Crippen LogP contribution in [0.5, 0.6) is 0 Å². The summed E-state index contributed by atoms with van der Waals surface area (Å²) in [5.41, 5.74) is 7.69. The predicted octanol–water partition coefficient (Wildman–Crippen LogP) is 1.49. The number of fused-ring (bicyclic) bond motifs is 1. The molecular weight excluding hydrogens is 214 g/mol. The fraction of sp³-hybridized carbons (Fsp3) is 0.462. The molecule has 2 aromatic rings. The van der Waals surface area contributed by atoms with Gasteiger partial charge >= 0.3 is 0 Å². The highest BCUT2D eigenvalue weighted by Gasteiger charge is 2.10. The molecule has 0 aliphatic rings. The van der Waals surface area contributed by atoms with Crippen LogP contribution in [-0.4, -0.2) is 16.3 Å². The van der Waals surface area contributed by atoms with Gasteiger partial charge in [-0.15, -0.1) is 0 Å². The number of rotatable bonds is 4. The van der Waals surface area contributed by atoms with Gasteiger partial charge in [0.05, 0.1) is 10.9 Å². The average Bonchev–Trinajstić information content (AvgIpc) is 2.58. The molecule has 2 rings (SSSR count). The van der Waals surface area contributed by atoms with Crippen molar-refractivity contribution in [3.05, 3.63) is 34.1 Å². The molecular formula is C13H19N3O. The van der Waals surface area contributed by atoms with Crippen LogP contribution < -0.4 is 11.3 Å². The number of nitrogens with two attached hydrogens (primary N) is 1. The van der Waals surface area contributed by atoms with Crippen molar-refractivity contribution in [1.82, 2.24) is 9.78 Å². The van der Waals surface area contributed by atoms with E-state index in [9.17, 15) is 4.79 Å². The fourth-order valence-corrected chi connectivity index (χ4v) is 2.10. The summed E-state index contributed by atoms with van der Waals surface area (Å²) in [4.78, 5) is 12.1. The average molecular weight is 233 g/mol. The Morgan fingerprint density at radius 3 is 2.82 bits per heavy atom. The summed E-state index contributed by atoms with van der Waals surface area (Å²) >= 11 is 0. The predicted molar refractivity (Wildman–Crippen MR) is 70.2 cm³/mol. The van der Waals surface area contributed by atoms with E-state index in [2.05, 4.69) is 18.9 Å². The molecule has 1 heterocycles. The normalized spacial score (nSPS) is 11.5. The molecule has 1 aromatic heterocycles. The van der Waals surface area contributed by atoms with Crippen LogP contribution in [0, 0.1) is 5.92 Å². The van der Waals surface area contributed by atoms with Crippen LogP contribution in [0.1, 0.15) is 19.4 Å². The van der Waals surface area contributed by atoms with Crippen LogP contribution in [0.3, 0.4) is 0 Å². The molecule has 92 valence electrons. The number of nitrogens with zero attached hydrogens (tertiary/aromatic N) is 1. The van der Waals surface area contributed by atoms with Gasteiger partial charge in [0.25, 0.3) is 5.56 Å². The van der Waals surface area contributed by atoms with Gasteiger partial charge in [-0.05, 0) is 30.5 Å². The van der Waals surface area contributed by atoms with Gasteiger partial charge in [-0.2, -0.15) is 0 Å². The van der Waals surface area contributed by atoms with Gasteiger partial charge < -0.3 is 5.73 Å². The number of aromatic amines is 1. The van der Waals surface area contributed by atoms with Crippen LogP contribution in [0.2, 0.25) is 0 Å². The minimum absolute atomic E-state index is 0.0626. The van der Waals surface area contributed by atoms with E-state index in [4.69, 9.17) is 5.73 Å². The Bertz CT molecular complexity index is 566. The van der Waals surface area contributed by atoms with E-state index in [0.29, 0.717) is 12.5 Å². The molecule has 3 N–H and O–H groups in total. The van der Waals surface area contributed by atoms with Crippen molar-refractivity contribution in [2.24, 2.45) is 11.7 Å². The SMILES string of the molecule is CC(C)Cn1[nH]c2c(CCN)cccc2c1=O. The Kier molecular flexibility index (Phi) is 3.33. The summed E-state index contributed by atoms with van der Waals surface area (Å²) in [5.74, 6) is 0.443. The van der Waals surface area contributed by atoms with E-state index in [0.717, 1.165) is 29.4 Å². The van der Waals surface area contributed by atoms with Crippen LogP contribution in [-0.2, 0) is 13.0 Å². The quantitative estimate of drug-likeness (QED) is 0.840. The smallest absolute Gasteiger partial charge is 0.274 e. The van der Waals surface area contributed by atoms with Crippen LogP contribution in [0.25, 0.3) is 10.9 Å². The third-order valence-electron chi connectivity index (χ3n) is 2.83. The number of benzene rings is 1. The van der Waals surface area contributed by atoms with Gasteiger partial charge in [-0.1, -0.05) is 26.0 Å². The Labute approximate surface area is 100 Å². The van der Waals surface area contributed by atoms with Crippen molar-refractivity contribution >= 4 is 10.9 Å². The molecule has 0 aliphatic heterocycles. The van der Waals surface area contributed by atoms with Gasteiger partial charge in [0.1, 0.15) is 0 Å². The lowest BCUT2D eigenvalue weighted by atomic mass is 10.1. The number of para-hydroxylation sites is 1. The molecule has 0 saturated carbocycles. The zero-order valence-electron chi connectivity index (χ0n) is 10.4. The van der Waals surface area contributed by atoms with E-state index >= 15 is 0 Å².